The van der Waals surface area contributed by atoms with E-state index >= 15 is 4.39 Å². The van der Waals surface area contributed by atoms with E-state index in [0.29, 0.717) is 5.56 Å². The van der Waals surface area contributed by atoms with Gasteiger partial charge in [-0.3, -0.25) is 9.78 Å². The summed E-state index contributed by atoms with van der Waals surface area (Å²) in [5, 5.41) is 5.82. The number of carbonyl (C=O) groups excluding carboxylic acids is 1. The van der Waals surface area contributed by atoms with Gasteiger partial charge < -0.3 is 22.1 Å². The lowest BCUT2D eigenvalue weighted by Gasteiger charge is -2.30. The van der Waals surface area contributed by atoms with Gasteiger partial charge in [0.1, 0.15) is 11.5 Å². The van der Waals surface area contributed by atoms with Crippen molar-refractivity contribution in [3.63, 3.8) is 0 Å². The first-order valence-corrected chi connectivity index (χ1v) is 10.4. The van der Waals surface area contributed by atoms with Gasteiger partial charge in [0, 0.05) is 23.8 Å². The van der Waals surface area contributed by atoms with Crippen LogP contribution in [0.2, 0.25) is 0 Å². The SMILES string of the molecule is NC(=O)c1cc(F)c(NC2CCCCC2N)nc1Nc1ccnc(-c2ccccc2)c1F. The maximum atomic E-state index is 15.2. The second-order valence-corrected chi connectivity index (χ2v) is 7.79. The van der Waals surface area contributed by atoms with Crippen molar-refractivity contribution in [1.29, 1.82) is 0 Å². The molecule has 1 aliphatic carbocycles. The Balaban J connectivity index is 1.69. The summed E-state index contributed by atoms with van der Waals surface area (Å²) in [5.74, 6) is -2.39. The fourth-order valence-corrected chi connectivity index (χ4v) is 3.85. The lowest BCUT2D eigenvalue weighted by Crippen LogP contribution is -2.43. The molecule has 7 nitrogen and oxygen atoms in total. The number of primary amides is 1. The monoisotopic (exact) mass is 438 g/mol. The quantitative estimate of drug-likeness (QED) is 0.463. The molecule has 0 spiro atoms. The largest absolute Gasteiger partial charge is 0.365 e. The van der Waals surface area contributed by atoms with Gasteiger partial charge in [0.25, 0.3) is 5.91 Å². The highest BCUT2D eigenvalue weighted by atomic mass is 19.1. The van der Waals surface area contributed by atoms with Gasteiger partial charge in [-0.05, 0) is 25.0 Å². The maximum Gasteiger partial charge on any atom is 0.252 e. The Morgan fingerprint density at radius 3 is 2.53 bits per heavy atom. The van der Waals surface area contributed by atoms with Crippen molar-refractivity contribution in [2.75, 3.05) is 10.6 Å². The topological polar surface area (TPSA) is 119 Å². The number of aromatic nitrogens is 2. The molecule has 1 aromatic carbocycles. The van der Waals surface area contributed by atoms with E-state index in [1.54, 1.807) is 24.3 Å². The normalized spacial score (nSPS) is 18.2. The smallest absolute Gasteiger partial charge is 0.252 e. The van der Waals surface area contributed by atoms with Gasteiger partial charge in [-0.2, -0.15) is 0 Å². The highest BCUT2D eigenvalue weighted by Gasteiger charge is 2.25. The van der Waals surface area contributed by atoms with Crippen molar-refractivity contribution in [3.8, 4) is 11.3 Å². The molecule has 0 aliphatic heterocycles. The van der Waals surface area contributed by atoms with Gasteiger partial charge in [-0.15, -0.1) is 0 Å². The predicted octanol–water partition coefficient (Wildman–Crippen LogP) is 3.95. The highest BCUT2D eigenvalue weighted by Crippen LogP contribution is 2.30. The van der Waals surface area contributed by atoms with Crippen LogP contribution < -0.4 is 22.1 Å². The van der Waals surface area contributed by atoms with Crippen molar-refractivity contribution < 1.29 is 13.6 Å². The Bertz CT molecular complexity index is 1120. The molecule has 2 atom stereocenters. The number of nitrogens with one attached hydrogen (secondary N) is 2. The molecular weight excluding hydrogens is 414 g/mol. The van der Waals surface area contributed by atoms with Crippen molar-refractivity contribution in [1.82, 2.24) is 9.97 Å². The Morgan fingerprint density at radius 2 is 1.81 bits per heavy atom. The predicted molar refractivity (Wildman–Crippen MR) is 119 cm³/mol. The molecule has 1 fully saturated rings. The second kappa shape index (κ2) is 9.27. The first-order chi connectivity index (χ1) is 15.4. The number of anilines is 3. The summed E-state index contributed by atoms with van der Waals surface area (Å²) < 4.78 is 29.9. The Morgan fingerprint density at radius 1 is 1.06 bits per heavy atom. The number of hydrogen-bond donors (Lipinski definition) is 4. The number of benzene rings is 1. The average molecular weight is 438 g/mol. The summed E-state index contributed by atoms with van der Waals surface area (Å²) in [6.45, 7) is 0. The third kappa shape index (κ3) is 4.52. The summed E-state index contributed by atoms with van der Waals surface area (Å²) in [4.78, 5) is 20.3. The summed E-state index contributed by atoms with van der Waals surface area (Å²) in [6.07, 6.45) is 5.04. The van der Waals surface area contributed by atoms with E-state index in [1.165, 1.54) is 12.3 Å². The minimum atomic E-state index is -0.891. The molecule has 2 unspecified atom stereocenters. The molecule has 166 valence electrons. The molecule has 32 heavy (non-hydrogen) atoms. The molecule has 1 amide bonds. The molecule has 1 aliphatic rings. The zero-order chi connectivity index (χ0) is 22.7. The van der Waals surface area contributed by atoms with Crippen LogP contribution in [0.5, 0.6) is 0 Å². The van der Waals surface area contributed by atoms with Crippen LogP contribution in [0, 0.1) is 11.6 Å². The van der Waals surface area contributed by atoms with Gasteiger partial charge in [0.05, 0.1) is 11.3 Å². The Hall–Kier alpha value is -3.59. The number of hydrogen-bond acceptors (Lipinski definition) is 6. The van der Waals surface area contributed by atoms with Crippen molar-refractivity contribution in [2.45, 2.75) is 37.8 Å². The fraction of sp³-hybridized carbons (Fsp3) is 0.261. The summed E-state index contributed by atoms with van der Waals surface area (Å²) >= 11 is 0. The van der Waals surface area contributed by atoms with Gasteiger partial charge in [0.15, 0.2) is 17.5 Å². The molecule has 0 saturated heterocycles. The molecule has 0 bridgehead atoms. The van der Waals surface area contributed by atoms with Crippen LogP contribution in [0.15, 0.2) is 48.7 Å². The number of pyridine rings is 2. The molecule has 4 rings (SSSR count). The van der Waals surface area contributed by atoms with Gasteiger partial charge in [-0.25, -0.2) is 13.8 Å². The number of carbonyl (C=O) groups is 1. The molecule has 1 saturated carbocycles. The number of nitrogens with two attached hydrogens (primary N) is 2. The highest BCUT2D eigenvalue weighted by molar-refractivity contribution is 5.98. The molecular formula is C23H24F2N6O. The molecule has 9 heteroatoms. The summed E-state index contributed by atoms with van der Waals surface area (Å²) in [5.41, 5.74) is 12.1. The maximum absolute atomic E-state index is 15.2. The van der Waals surface area contributed by atoms with Gasteiger partial charge >= 0.3 is 0 Å². The van der Waals surface area contributed by atoms with E-state index in [2.05, 4.69) is 20.6 Å². The first-order valence-electron chi connectivity index (χ1n) is 10.4. The van der Waals surface area contributed by atoms with Crippen LogP contribution in [-0.4, -0.2) is 28.0 Å². The van der Waals surface area contributed by atoms with Crippen molar-refractivity contribution in [2.24, 2.45) is 11.5 Å². The van der Waals surface area contributed by atoms with Crippen LogP contribution in [0.25, 0.3) is 11.3 Å². The van der Waals surface area contributed by atoms with E-state index < -0.39 is 17.5 Å². The van der Waals surface area contributed by atoms with Crippen LogP contribution >= 0.6 is 0 Å². The summed E-state index contributed by atoms with van der Waals surface area (Å²) in [6, 6.07) is 10.9. The number of amides is 1. The Labute approximate surface area is 184 Å². The minimum absolute atomic E-state index is 0.0285. The molecule has 6 N–H and O–H groups in total. The van der Waals surface area contributed by atoms with E-state index in [9.17, 15) is 9.18 Å². The zero-order valence-corrected chi connectivity index (χ0v) is 17.3. The number of halogens is 2. The number of nitrogens with zero attached hydrogens (tertiary/aromatic N) is 2. The van der Waals surface area contributed by atoms with Crippen LogP contribution in [0.3, 0.4) is 0 Å². The van der Waals surface area contributed by atoms with Crippen molar-refractivity contribution in [3.05, 3.63) is 65.9 Å². The van der Waals surface area contributed by atoms with Crippen molar-refractivity contribution >= 4 is 23.2 Å². The zero-order valence-electron chi connectivity index (χ0n) is 17.3. The van der Waals surface area contributed by atoms with Gasteiger partial charge in [-0.1, -0.05) is 43.2 Å². The molecule has 0 radical (unpaired) electrons. The first kappa shape index (κ1) is 21.6. The lowest BCUT2D eigenvalue weighted by molar-refractivity contribution is 0.100. The third-order valence-corrected chi connectivity index (χ3v) is 5.57. The van der Waals surface area contributed by atoms with Crippen LogP contribution in [-0.2, 0) is 0 Å². The molecule has 3 aromatic rings. The van der Waals surface area contributed by atoms with E-state index in [-0.39, 0.29) is 40.7 Å². The molecule has 2 heterocycles. The summed E-state index contributed by atoms with van der Waals surface area (Å²) in [7, 11) is 0. The van der Waals surface area contributed by atoms with E-state index in [0.717, 1.165) is 31.7 Å². The molecule has 2 aromatic heterocycles. The fourth-order valence-electron chi connectivity index (χ4n) is 3.85. The van der Waals surface area contributed by atoms with Crippen LogP contribution in [0.4, 0.5) is 26.1 Å². The van der Waals surface area contributed by atoms with Crippen LogP contribution in [0.1, 0.15) is 36.0 Å². The average Bonchev–Trinajstić information content (AvgIpc) is 2.79. The van der Waals surface area contributed by atoms with E-state index in [1.807, 2.05) is 6.07 Å². The van der Waals surface area contributed by atoms with E-state index in [4.69, 9.17) is 11.5 Å². The van der Waals surface area contributed by atoms with Gasteiger partial charge in [0.2, 0.25) is 0 Å². The number of rotatable bonds is 6. The third-order valence-electron chi connectivity index (χ3n) is 5.57. The second-order valence-electron chi connectivity index (χ2n) is 7.79. The minimum Gasteiger partial charge on any atom is -0.365 e. The lowest BCUT2D eigenvalue weighted by atomic mass is 9.91. The Kier molecular flexibility index (Phi) is 6.27. The standard InChI is InChI=1S/C23H24F2N6O/c24-15-12-14(21(27)32)22(31-23(15)29-17-9-5-4-8-16(17)26)30-18-10-11-28-20(19(18)25)13-6-2-1-3-7-13/h1-3,6-7,10-12,16-17H,4-5,8-9,26H2,(H2,27,32)(H2,28,29,30,31).